The zero-order valence-electron chi connectivity index (χ0n) is 16.4. The molecule has 152 valence electrons. The molecule has 2 saturated heterocycles. The van der Waals surface area contributed by atoms with Gasteiger partial charge in [-0.3, -0.25) is 4.90 Å². The number of fused-ring (bicyclic) bond motifs is 2. The van der Waals surface area contributed by atoms with E-state index in [0.717, 1.165) is 39.0 Å². The van der Waals surface area contributed by atoms with E-state index in [1.165, 1.54) is 0 Å². The Kier molecular flexibility index (Phi) is 7.12. The van der Waals surface area contributed by atoms with E-state index in [1.54, 1.807) is 24.3 Å². The number of aliphatic hydroxyl groups is 1. The summed E-state index contributed by atoms with van der Waals surface area (Å²) >= 11 is 0. The van der Waals surface area contributed by atoms with Crippen molar-refractivity contribution in [1.29, 1.82) is 5.26 Å². The molecule has 0 aliphatic carbocycles. The molecule has 0 aromatic heterocycles. The van der Waals surface area contributed by atoms with Gasteiger partial charge in [0.2, 0.25) is 0 Å². The number of nitrogens with zero attached hydrogens (tertiary/aromatic N) is 3. The molecule has 28 heavy (non-hydrogen) atoms. The van der Waals surface area contributed by atoms with E-state index in [9.17, 15) is 9.90 Å². The smallest absolute Gasteiger partial charge is 0.409 e. The maximum Gasteiger partial charge on any atom is 0.409 e. The average Bonchev–Trinajstić information content (AvgIpc) is 2.70. The van der Waals surface area contributed by atoms with Crippen molar-refractivity contribution in [3.8, 4) is 11.8 Å². The Morgan fingerprint density at radius 2 is 1.93 bits per heavy atom. The molecule has 7 heteroatoms. The number of carbonyl (C=O) groups excluding carboxylic acids is 1. The van der Waals surface area contributed by atoms with Crippen LogP contribution in [0.1, 0.15) is 25.3 Å². The predicted octanol–water partition coefficient (Wildman–Crippen LogP) is 2.10. The first kappa shape index (κ1) is 20.4. The number of amides is 1. The monoisotopic (exact) mass is 387 g/mol. The van der Waals surface area contributed by atoms with Crippen LogP contribution in [0.25, 0.3) is 0 Å². The SMILES string of the molecule is CCCOC(=O)N1CC2CC(CN(CC(O)COc3ccc(C#N)cc3)C2)C1. The molecule has 2 fully saturated rings. The Morgan fingerprint density at radius 3 is 2.54 bits per heavy atom. The van der Waals surface area contributed by atoms with Crippen molar-refractivity contribution < 1.29 is 19.4 Å². The molecule has 2 aliphatic rings. The van der Waals surface area contributed by atoms with E-state index < -0.39 is 6.10 Å². The van der Waals surface area contributed by atoms with E-state index in [1.807, 2.05) is 11.8 Å². The summed E-state index contributed by atoms with van der Waals surface area (Å²) in [5, 5.41) is 19.2. The molecule has 7 nitrogen and oxygen atoms in total. The fraction of sp³-hybridized carbons (Fsp3) is 0.619. The molecule has 1 aromatic carbocycles. The number of benzene rings is 1. The van der Waals surface area contributed by atoms with Gasteiger partial charge in [0.1, 0.15) is 18.5 Å². The molecule has 2 bridgehead atoms. The van der Waals surface area contributed by atoms with E-state index in [0.29, 0.717) is 36.3 Å². The first-order valence-electron chi connectivity index (χ1n) is 10.0. The second kappa shape index (κ2) is 9.76. The van der Waals surface area contributed by atoms with E-state index in [4.69, 9.17) is 14.7 Å². The van der Waals surface area contributed by atoms with Gasteiger partial charge in [0, 0.05) is 32.7 Å². The summed E-state index contributed by atoms with van der Waals surface area (Å²) in [7, 11) is 0. The molecule has 0 radical (unpaired) electrons. The zero-order valence-corrected chi connectivity index (χ0v) is 16.4. The number of ether oxygens (including phenoxy) is 2. The first-order valence-corrected chi connectivity index (χ1v) is 10.0. The molecule has 1 aromatic rings. The Hall–Kier alpha value is -2.30. The Labute approximate surface area is 166 Å². The molecule has 2 heterocycles. The lowest BCUT2D eigenvalue weighted by atomic mass is 9.84. The summed E-state index contributed by atoms with van der Waals surface area (Å²) in [4.78, 5) is 16.2. The van der Waals surface area contributed by atoms with Crippen LogP contribution in [0.15, 0.2) is 24.3 Å². The third kappa shape index (κ3) is 5.60. The number of hydrogen-bond donors (Lipinski definition) is 1. The van der Waals surface area contributed by atoms with Crippen molar-refractivity contribution in [3.05, 3.63) is 29.8 Å². The van der Waals surface area contributed by atoms with Gasteiger partial charge in [-0.05, 0) is 48.9 Å². The number of β-amino-alcohol motifs (C(OH)–C–C–N with tert-alkyl or cyclic N) is 1. The van der Waals surface area contributed by atoms with Crippen molar-refractivity contribution in [2.24, 2.45) is 11.8 Å². The summed E-state index contributed by atoms with van der Waals surface area (Å²) in [5.74, 6) is 1.50. The van der Waals surface area contributed by atoms with Crippen molar-refractivity contribution in [3.63, 3.8) is 0 Å². The van der Waals surface area contributed by atoms with Gasteiger partial charge < -0.3 is 19.5 Å². The summed E-state index contributed by atoms with van der Waals surface area (Å²) in [6.45, 7) is 6.45. The number of carbonyl (C=O) groups is 1. The average molecular weight is 387 g/mol. The molecule has 0 saturated carbocycles. The lowest BCUT2D eigenvalue weighted by molar-refractivity contribution is -0.00161. The molecular formula is C21H29N3O4. The van der Waals surface area contributed by atoms with Gasteiger partial charge in [-0.1, -0.05) is 6.92 Å². The molecule has 3 unspecified atom stereocenters. The molecule has 0 spiro atoms. The standard InChI is InChI=1S/C21H29N3O4/c1-2-7-27-21(26)24-12-17-8-18(13-24)11-23(10-17)14-19(25)15-28-20-5-3-16(9-22)4-6-20/h3-6,17-19,25H,2,7-8,10-15H2,1H3. The van der Waals surface area contributed by atoms with Crippen LogP contribution >= 0.6 is 0 Å². The summed E-state index contributed by atoms with van der Waals surface area (Å²) in [5.41, 5.74) is 0.584. The molecule has 1 amide bonds. The van der Waals surface area contributed by atoms with Crippen molar-refractivity contribution >= 4 is 6.09 Å². The maximum atomic E-state index is 12.1. The van der Waals surface area contributed by atoms with Crippen LogP contribution in [0.5, 0.6) is 5.75 Å². The highest BCUT2D eigenvalue weighted by molar-refractivity contribution is 5.67. The van der Waals surface area contributed by atoms with Gasteiger partial charge in [-0.15, -0.1) is 0 Å². The lowest BCUT2D eigenvalue weighted by Gasteiger charge is -2.45. The molecular weight excluding hydrogens is 358 g/mol. The number of hydrogen-bond acceptors (Lipinski definition) is 6. The fourth-order valence-electron chi connectivity index (χ4n) is 4.14. The number of likely N-dealkylation sites (tertiary alicyclic amines) is 2. The largest absolute Gasteiger partial charge is 0.491 e. The lowest BCUT2D eigenvalue weighted by Crippen LogP contribution is -2.55. The maximum absolute atomic E-state index is 12.1. The highest BCUT2D eigenvalue weighted by Crippen LogP contribution is 2.29. The van der Waals surface area contributed by atoms with Gasteiger partial charge in [-0.2, -0.15) is 5.26 Å². The van der Waals surface area contributed by atoms with Crippen LogP contribution < -0.4 is 4.74 Å². The van der Waals surface area contributed by atoms with Gasteiger partial charge in [0.05, 0.1) is 18.2 Å². The first-order chi connectivity index (χ1) is 13.6. The van der Waals surface area contributed by atoms with Crippen LogP contribution in [-0.2, 0) is 4.74 Å². The molecule has 1 N–H and O–H groups in total. The number of aliphatic hydroxyl groups excluding tert-OH is 1. The Balaban J connectivity index is 1.42. The second-order valence-electron chi connectivity index (χ2n) is 7.81. The van der Waals surface area contributed by atoms with Crippen LogP contribution in [-0.4, -0.2) is 73.0 Å². The van der Waals surface area contributed by atoms with Crippen LogP contribution in [0.4, 0.5) is 4.79 Å². The van der Waals surface area contributed by atoms with Gasteiger partial charge in [0.15, 0.2) is 0 Å². The highest BCUT2D eigenvalue weighted by atomic mass is 16.6. The third-order valence-corrected chi connectivity index (χ3v) is 5.24. The molecule has 2 aliphatic heterocycles. The van der Waals surface area contributed by atoms with Crippen LogP contribution in [0.2, 0.25) is 0 Å². The van der Waals surface area contributed by atoms with Gasteiger partial charge in [0.25, 0.3) is 0 Å². The minimum Gasteiger partial charge on any atom is -0.491 e. The second-order valence-corrected chi connectivity index (χ2v) is 7.81. The topological polar surface area (TPSA) is 86.0 Å². The van der Waals surface area contributed by atoms with Crippen molar-refractivity contribution in [1.82, 2.24) is 9.80 Å². The zero-order chi connectivity index (χ0) is 19.9. The minimum atomic E-state index is -0.583. The van der Waals surface area contributed by atoms with Crippen molar-refractivity contribution in [2.45, 2.75) is 25.9 Å². The number of piperidine rings is 2. The normalized spacial score (nSPS) is 23.0. The summed E-state index contributed by atoms with van der Waals surface area (Å²) in [6.07, 6.45) is 1.19. The van der Waals surface area contributed by atoms with Crippen LogP contribution in [0.3, 0.4) is 0 Å². The quantitative estimate of drug-likeness (QED) is 0.771. The van der Waals surface area contributed by atoms with Crippen molar-refractivity contribution in [2.75, 3.05) is 45.9 Å². The van der Waals surface area contributed by atoms with Gasteiger partial charge in [-0.25, -0.2) is 4.79 Å². The predicted molar refractivity (Wildman–Crippen MR) is 104 cm³/mol. The molecule has 3 atom stereocenters. The highest BCUT2D eigenvalue weighted by Gasteiger charge is 2.36. The number of nitriles is 1. The van der Waals surface area contributed by atoms with E-state index >= 15 is 0 Å². The Bertz CT molecular complexity index is 674. The minimum absolute atomic E-state index is 0.194. The fourth-order valence-corrected chi connectivity index (χ4v) is 4.14. The third-order valence-electron chi connectivity index (χ3n) is 5.24. The summed E-state index contributed by atoms with van der Waals surface area (Å²) < 4.78 is 10.9. The van der Waals surface area contributed by atoms with Gasteiger partial charge >= 0.3 is 6.09 Å². The summed E-state index contributed by atoms with van der Waals surface area (Å²) in [6, 6.07) is 8.94. The Morgan fingerprint density at radius 1 is 1.25 bits per heavy atom. The van der Waals surface area contributed by atoms with E-state index in [2.05, 4.69) is 11.0 Å². The van der Waals surface area contributed by atoms with E-state index in [-0.39, 0.29) is 12.7 Å². The molecule has 3 rings (SSSR count). The van der Waals surface area contributed by atoms with Crippen LogP contribution in [0, 0.1) is 23.2 Å². The number of rotatable bonds is 7.